The zero-order chi connectivity index (χ0) is 22.3. The molecule has 1 aromatic carbocycles. The van der Waals surface area contributed by atoms with Crippen molar-refractivity contribution in [3.63, 3.8) is 0 Å². The maximum atomic E-state index is 13.9. The maximum Gasteiger partial charge on any atom is 0.419 e. The third-order valence-electron chi connectivity index (χ3n) is 5.29. The number of aryl methyl sites for hydroxylation is 3. The second-order valence-corrected chi connectivity index (χ2v) is 8.69. The van der Waals surface area contributed by atoms with Crippen molar-refractivity contribution in [2.75, 3.05) is 11.6 Å². The molecule has 0 spiro atoms. The summed E-state index contributed by atoms with van der Waals surface area (Å²) in [6, 6.07) is 3.00. The fraction of sp³-hybridized carbons (Fsp3) is 0.417. The lowest BCUT2D eigenvalue weighted by Gasteiger charge is -2.27. The standard InChI is InChI=1S/C24H29F3N2O/c1-15-12-16(2)21(17(3)13-15)29-22(20(18(4)28-29)24(25,26)27)30-14-19-8-7-10-23(5,6)11-9-19/h7-13,18,28H,14H2,1-6H3. The number of hydrogen-bond acceptors (Lipinski definition) is 3. The molecule has 1 unspecified atom stereocenters. The number of anilines is 1. The highest BCUT2D eigenvalue weighted by atomic mass is 19.4. The third-order valence-corrected chi connectivity index (χ3v) is 5.29. The Bertz CT molecular complexity index is 929. The van der Waals surface area contributed by atoms with Gasteiger partial charge in [-0.1, -0.05) is 61.9 Å². The molecule has 0 fully saturated rings. The predicted octanol–water partition coefficient (Wildman–Crippen LogP) is 6.19. The highest BCUT2D eigenvalue weighted by molar-refractivity contribution is 5.64. The second-order valence-electron chi connectivity index (χ2n) is 8.69. The normalized spacial score (nSPS) is 21.2. The number of nitrogens with one attached hydrogen (secondary N) is 1. The van der Waals surface area contributed by atoms with Gasteiger partial charge in [-0.25, -0.2) is 10.4 Å². The number of ether oxygens (including phenoxy) is 1. The van der Waals surface area contributed by atoms with E-state index in [0.29, 0.717) is 5.69 Å². The topological polar surface area (TPSA) is 24.5 Å². The molecule has 0 bridgehead atoms. The summed E-state index contributed by atoms with van der Waals surface area (Å²) in [4.78, 5) is 0. The van der Waals surface area contributed by atoms with E-state index in [-0.39, 0.29) is 17.9 Å². The fourth-order valence-electron chi connectivity index (χ4n) is 3.92. The molecule has 1 aromatic rings. The summed E-state index contributed by atoms with van der Waals surface area (Å²) in [6.45, 7) is 11.4. The van der Waals surface area contributed by atoms with Crippen molar-refractivity contribution in [3.8, 4) is 0 Å². The van der Waals surface area contributed by atoms with E-state index < -0.39 is 17.8 Å². The molecule has 3 rings (SSSR count). The molecule has 3 nitrogen and oxygen atoms in total. The SMILES string of the molecule is Cc1cc(C)c(N2NC(C)C(C(F)(F)F)=C2OCC2=CC=CC(C)(C)C=C2)c(C)c1. The largest absolute Gasteiger partial charge is 0.473 e. The van der Waals surface area contributed by atoms with Gasteiger partial charge in [0.15, 0.2) is 0 Å². The first-order chi connectivity index (χ1) is 13.9. The zero-order valence-corrected chi connectivity index (χ0v) is 18.3. The quantitative estimate of drug-likeness (QED) is 0.631. The maximum absolute atomic E-state index is 13.9. The van der Waals surface area contributed by atoms with Gasteiger partial charge in [-0.2, -0.15) is 13.2 Å². The number of rotatable bonds is 4. The van der Waals surface area contributed by atoms with Crippen LogP contribution >= 0.6 is 0 Å². The molecule has 1 aliphatic carbocycles. The van der Waals surface area contributed by atoms with E-state index in [1.165, 1.54) is 11.9 Å². The predicted molar refractivity (Wildman–Crippen MR) is 115 cm³/mol. The smallest absolute Gasteiger partial charge is 0.419 e. The number of hydrazine groups is 1. The molecule has 0 aromatic heterocycles. The van der Waals surface area contributed by atoms with Crippen LogP contribution in [-0.2, 0) is 4.74 Å². The molecule has 0 saturated heterocycles. The molecule has 0 radical (unpaired) electrons. The van der Waals surface area contributed by atoms with Gasteiger partial charge in [0.2, 0.25) is 5.88 Å². The Morgan fingerprint density at radius 1 is 1.10 bits per heavy atom. The van der Waals surface area contributed by atoms with E-state index >= 15 is 0 Å². The minimum atomic E-state index is -4.50. The Balaban J connectivity index is 1.99. The average Bonchev–Trinajstić information content (AvgIpc) is 2.81. The van der Waals surface area contributed by atoms with Crippen LogP contribution in [0.5, 0.6) is 0 Å². The number of alkyl halides is 3. The van der Waals surface area contributed by atoms with E-state index in [2.05, 4.69) is 19.3 Å². The Hall–Kier alpha value is -2.47. The van der Waals surface area contributed by atoms with Gasteiger partial charge in [0.05, 0.1) is 11.7 Å². The van der Waals surface area contributed by atoms with Gasteiger partial charge in [0, 0.05) is 5.41 Å². The summed E-state index contributed by atoms with van der Waals surface area (Å²) in [5, 5.41) is 1.46. The summed E-state index contributed by atoms with van der Waals surface area (Å²) in [5.74, 6) is -0.188. The molecular weight excluding hydrogens is 389 g/mol. The van der Waals surface area contributed by atoms with Crippen LogP contribution in [0.4, 0.5) is 18.9 Å². The summed E-state index contributed by atoms with van der Waals surface area (Å²) >= 11 is 0. The minimum Gasteiger partial charge on any atom is -0.473 e. The van der Waals surface area contributed by atoms with Gasteiger partial charge < -0.3 is 4.74 Å². The van der Waals surface area contributed by atoms with Crippen LogP contribution in [0, 0.1) is 26.2 Å². The van der Waals surface area contributed by atoms with Crippen molar-refractivity contribution in [3.05, 3.63) is 76.2 Å². The van der Waals surface area contributed by atoms with E-state index in [1.54, 1.807) is 0 Å². The van der Waals surface area contributed by atoms with Crippen molar-refractivity contribution < 1.29 is 17.9 Å². The van der Waals surface area contributed by atoms with E-state index in [4.69, 9.17) is 4.74 Å². The van der Waals surface area contributed by atoms with Crippen LogP contribution in [0.3, 0.4) is 0 Å². The van der Waals surface area contributed by atoms with Gasteiger partial charge in [-0.3, -0.25) is 0 Å². The average molecular weight is 419 g/mol. The molecule has 162 valence electrons. The first kappa shape index (κ1) is 22.2. The van der Waals surface area contributed by atoms with E-state index in [9.17, 15) is 13.2 Å². The van der Waals surface area contributed by atoms with Crippen LogP contribution < -0.4 is 10.4 Å². The summed E-state index contributed by atoms with van der Waals surface area (Å²) in [7, 11) is 0. The Morgan fingerprint density at radius 2 is 1.73 bits per heavy atom. The number of allylic oxidation sites excluding steroid dienone is 4. The van der Waals surface area contributed by atoms with Crippen molar-refractivity contribution in [2.24, 2.45) is 5.41 Å². The molecule has 1 atom stereocenters. The lowest BCUT2D eigenvalue weighted by Crippen LogP contribution is -2.38. The lowest BCUT2D eigenvalue weighted by atomic mass is 9.93. The van der Waals surface area contributed by atoms with Crippen LogP contribution in [0.1, 0.15) is 37.5 Å². The van der Waals surface area contributed by atoms with Crippen molar-refractivity contribution in [2.45, 2.75) is 53.8 Å². The molecule has 0 saturated carbocycles. The van der Waals surface area contributed by atoms with E-state index in [0.717, 1.165) is 22.3 Å². The first-order valence-corrected chi connectivity index (χ1v) is 10.0. The molecular formula is C24H29F3N2O. The highest BCUT2D eigenvalue weighted by Gasteiger charge is 2.47. The summed E-state index contributed by atoms with van der Waals surface area (Å²) < 4.78 is 47.6. The van der Waals surface area contributed by atoms with Gasteiger partial charge in [-0.15, -0.1) is 0 Å². The van der Waals surface area contributed by atoms with Gasteiger partial charge >= 0.3 is 6.18 Å². The third kappa shape index (κ3) is 4.64. The molecule has 1 heterocycles. The fourth-order valence-corrected chi connectivity index (χ4v) is 3.92. The van der Waals surface area contributed by atoms with Crippen LogP contribution in [0.25, 0.3) is 0 Å². The molecule has 1 aliphatic heterocycles. The molecule has 0 amide bonds. The van der Waals surface area contributed by atoms with Crippen LogP contribution in [0.2, 0.25) is 0 Å². The summed E-state index contributed by atoms with van der Waals surface area (Å²) in [5.41, 5.74) is 6.47. The van der Waals surface area contributed by atoms with Crippen molar-refractivity contribution in [1.29, 1.82) is 0 Å². The van der Waals surface area contributed by atoms with Gasteiger partial charge in [0.1, 0.15) is 12.2 Å². The Kier molecular flexibility index (Phi) is 5.92. The van der Waals surface area contributed by atoms with Gasteiger partial charge in [0.25, 0.3) is 0 Å². The van der Waals surface area contributed by atoms with Crippen LogP contribution in [0.15, 0.2) is 59.5 Å². The summed E-state index contributed by atoms with van der Waals surface area (Å²) in [6.07, 6.45) is 5.26. The number of nitrogens with zero attached hydrogens (tertiary/aromatic N) is 1. The van der Waals surface area contributed by atoms with E-state index in [1.807, 2.05) is 63.3 Å². The lowest BCUT2D eigenvalue weighted by molar-refractivity contribution is -0.0974. The van der Waals surface area contributed by atoms with Crippen molar-refractivity contribution in [1.82, 2.24) is 5.43 Å². The number of benzene rings is 1. The second kappa shape index (κ2) is 7.99. The molecule has 6 heteroatoms. The molecule has 30 heavy (non-hydrogen) atoms. The number of halogens is 3. The molecule has 1 N–H and O–H groups in total. The van der Waals surface area contributed by atoms with Crippen LogP contribution in [-0.4, -0.2) is 18.8 Å². The molecule has 2 aliphatic rings. The van der Waals surface area contributed by atoms with Crippen molar-refractivity contribution >= 4 is 5.69 Å². The Labute approximate surface area is 176 Å². The van der Waals surface area contributed by atoms with Gasteiger partial charge in [-0.05, 0) is 44.4 Å². The monoisotopic (exact) mass is 418 g/mol. The Morgan fingerprint density at radius 3 is 2.33 bits per heavy atom. The minimum absolute atomic E-state index is 0.0424. The zero-order valence-electron chi connectivity index (χ0n) is 18.3. The first-order valence-electron chi connectivity index (χ1n) is 10.0. The number of hydrogen-bond donors (Lipinski definition) is 1. The highest BCUT2D eigenvalue weighted by Crippen LogP contribution is 2.40.